The number of guanidine groups is 1. The number of hydrogen-bond donors (Lipinski definition) is 2. The summed E-state index contributed by atoms with van der Waals surface area (Å²) >= 11 is 1.85. The van der Waals surface area contributed by atoms with Crippen molar-refractivity contribution in [3.8, 4) is 0 Å². The van der Waals surface area contributed by atoms with E-state index in [1.807, 2.05) is 34.5 Å². The number of rotatable bonds is 8. The monoisotopic (exact) mass is 461 g/mol. The number of aryl methyl sites for hydroxylation is 1. The molecule has 0 saturated carbocycles. The zero-order valence-electron chi connectivity index (χ0n) is 14.7. The smallest absolute Gasteiger partial charge is 0.191 e. The summed E-state index contributed by atoms with van der Waals surface area (Å²) in [6.07, 6.45) is 4.91. The molecule has 2 N–H and O–H groups in total. The highest BCUT2D eigenvalue weighted by Gasteiger charge is 2.05. The molecule has 2 heterocycles. The molecule has 2 aromatic rings. The molecular weight excluding hydrogens is 433 g/mol. The molecule has 24 heavy (non-hydrogen) atoms. The summed E-state index contributed by atoms with van der Waals surface area (Å²) in [6, 6.07) is 6.33. The van der Waals surface area contributed by atoms with E-state index in [0.717, 1.165) is 38.6 Å². The van der Waals surface area contributed by atoms with Crippen LogP contribution >= 0.6 is 35.3 Å². The lowest BCUT2D eigenvalue weighted by molar-refractivity contribution is 0.443. The quantitative estimate of drug-likeness (QED) is 0.360. The number of aliphatic imine (C=N–C) groups is 1. The van der Waals surface area contributed by atoms with E-state index < -0.39 is 0 Å². The van der Waals surface area contributed by atoms with E-state index >= 15 is 0 Å². The van der Waals surface area contributed by atoms with Crippen LogP contribution in [0.3, 0.4) is 0 Å². The molecular formula is C17H28IN5S. The first kappa shape index (κ1) is 21.0. The minimum atomic E-state index is 0. The van der Waals surface area contributed by atoms with Crippen molar-refractivity contribution in [2.75, 3.05) is 13.1 Å². The fraction of sp³-hybridized carbons (Fsp3) is 0.529. The van der Waals surface area contributed by atoms with Crippen molar-refractivity contribution in [3.05, 3.63) is 40.3 Å². The average Bonchev–Trinajstić information content (AvgIpc) is 3.21. The first-order chi connectivity index (χ1) is 11.2. The summed E-state index contributed by atoms with van der Waals surface area (Å²) in [5.74, 6) is 1.36. The molecule has 5 nitrogen and oxygen atoms in total. The van der Waals surface area contributed by atoms with Crippen molar-refractivity contribution in [2.24, 2.45) is 10.9 Å². The van der Waals surface area contributed by atoms with Gasteiger partial charge in [0.25, 0.3) is 0 Å². The molecule has 2 rings (SSSR count). The lowest BCUT2D eigenvalue weighted by Crippen LogP contribution is -2.40. The van der Waals surface area contributed by atoms with Gasteiger partial charge in [0.1, 0.15) is 0 Å². The van der Waals surface area contributed by atoms with Gasteiger partial charge >= 0.3 is 0 Å². The molecule has 0 bridgehead atoms. The molecule has 0 aromatic carbocycles. The molecule has 0 aliphatic rings. The van der Waals surface area contributed by atoms with Crippen molar-refractivity contribution in [2.45, 2.75) is 40.3 Å². The largest absolute Gasteiger partial charge is 0.357 e. The number of thiophene rings is 1. The Labute approximate surface area is 166 Å². The van der Waals surface area contributed by atoms with Crippen molar-refractivity contribution in [1.82, 2.24) is 20.4 Å². The Hall–Kier alpha value is -1.09. The third-order valence-corrected chi connectivity index (χ3v) is 4.69. The van der Waals surface area contributed by atoms with Gasteiger partial charge in [0.05, 0.1) is 6.54 Å². The standard InChI is InChI=1S/C17H27N5S.HI/c1-4-15-7-8-16(23-15)12-20-17(18-5-2)19-11-14(3)13-22-10-6-9-21-22;/h6-10,14H,4-5,11-13H2,1-3H3,(H2,18,19,20);1H. The number of hydrogen-bond acceptors (Lipinski definition) is 3. The van der Waals surface area contributed by atoms with Crippen molar-refractivity contribution < 1.29 is 0 Å². The van der Waals surface area contributed by atoms with Crippen LogP contribution in [0.15, 0.2) is 35.6 Å². The van der Waals surface area contributed by atoms with Gasteiger partial charge in [0.2, 0.25) is 0 Å². The van der Waals surface area contributed by atoms with Crippen LogP contribution in [0.1, 0.15) is 30.5 Å². The van der Waals surface area contributed by atoms with E-state index in [1.54, 1.807) is 0 Å². The molecule has 134 valence electrons. The third-order valence-electron chi connectivity index (χ3n) is 3.48. The third kappa shape index (κ3) is 7.21. The van der Waals surface area contributed by atoms with Gasteiger partial charge in [-0.2, -0.15) is 5.10 Å². The van der Waals surface area contributed by atoms with E-state index in [4.69, 9.17) is 0 Å². The van der Waals surface area contributed by atoms with Crippen LogP contribution in [0.5, 0.6) is 0 Å². The lowest BCUT2D eigenvalue weighted by atomic mass is 10.2. The van der Waals surface area contributed by atoms with E-state index in [9.17, 15) is 0 Å². The minimum absolute atomic E-state index is 0. The number of halogens is 1. The molecule has 0 fully saturated rings. The second-order valence-electron chi connectivity index (χ2n) is 5.63. The Kier molecular flexibility index (Phi) is 10.0. The van der Waals surface area contributed by atoms with E-state index in [0.29, 0.717) is 5.92 Å². The molecule has 1 unspecified atom stereocenters. The highest BCUT2D eigenvalue weighted by atomic mass is 127. The maximum atomic E-state index is 4.68. The average molecular weight is 461 g/mol. The summed E-state index contributed by atoms with van der Waals surface area (Å²) < 4.78 is 1.97. The predicted octanol–water partition coefficient (Wildman–Crippen LogP) is 3.52. The summed E-state index contributed by atoms with van der Waals surface area (Å²) in [5.41, 5.74) is 0. The molecule has 0 aliphatic heterocycles. The van der Waals surface area contributed by atoms with Crippen LogP contribution in [-0.2, 0) is 19.5 Å². The van der Waals surface area contributed by atoms with Crippen LogP contribution < -0.4 is 10.6 Å². The molecule has 0 saturated heterocycles. The molecule has 0 amide bonds. The van der Waals surface area contributed by atoms with E-state index in [2.05, 4.69) is 53.6 Å². The maximum absolute atomic E-state index is 4.68. The molecule has 7 heteroatoms. The predicted molar refractivity (Wildman–Crippen MR) is 113 cm³/mol. The van der Waals surface area contributed by atoms with Gasteiger partial charge in [0, 0.05) is 41.8 Å². The number of nitrogens with one attached hydrogen (secondary N) is 2. The lowest BCUT2D eigenvalue weighted by Gasteiger charge is -2.16. The normalized spacial score (nSPS) is 12.5. The van der Waals surface area contributed by atoms with E-state index in [1.165, 1.54) is 9.75 Å². The maximum Gasteiger partial charge on any atom is 0.191 e. The fourth-order valence-electron chi connectivity index (χ4n) is 2.26. The fourth-order valence-corrected chi connectivity index (χ4v) is 3.14. The molecule has 0 radical (unpaired) electrons. The molecule has 1 atom stereocenters. The highest BCUT2D eigenvalue weighted by Crippen LogP contribution is 2.17. The van der Waals surface area contributed by atoms with Crippen LogP contribution in [0, 0.1) is 5.92 Å². The summed E-state index contributed by atoms with van der Waals surface area (Å²) in [4.78, 5) is 7.41. The van der Waals surface area contributed by atoms with Gasteiger partial charge in [-0.15, -0.1) is 35.3 Å². The second kappa shape index (κ2) is 11.5. The Morgan fingerprint density at radius 2 is 2.08 bits per heavy atom. The van der Waals surface area contributed by atoms with Gasteiger partial charge in [-0.3, -0.25) is 4.68 Å². The van der Waals surface area contributed by atoms with Gasteiger partial charge in [-0.1, -0.05) is 13.8 Å². The van der Waals surface area contributed by atoms with Crippen molar-refractivity contribution in [3.63, 3.8) is 0 Å². The Bertz CT molecular complexity index is 594. The van der Waals surface area contributed by atoms with Crippen molar-refractivity contribution in [1.29, 1.82) is 0 Å². The summed E-state index contributed by atoms with van der Waals surface area (Å²) in [7, 11) is 0. The van der Waals surface area contributed by atoms with Crippen LogP contribution in [-0.4, -0.2) is 28.8 Å². The molecule has 0 aliphatic carbocycles. The Morgan fingerprint density at radius 3 is 2.71 bits per heavy atom. The first-order valence-corrected chi connectivity index (χ1v) is 9.10. The second-order valence-corrected chi connectivity index (χ2v) is 6.88. The van der Waals surface area contributed by atoms with Crippen molar-refractivity contribution >= 4 is 41.3 Å². The Balaban J connectivity index is 0.00000288. The topological polar surface area (TPSA) is 54.2 Å². The zero-order valence-corrected chi connectivity index (χ0v) is 17.8. The zero-order chi connectivity index (χ0) is 16.5. The molecule has 0 spiro atoms. The highest BCUT2D eigenvalue weighted by molar-refractivity contribution is 14.0. The van der Waals surface area contributed by atoms with Crippen LogP contribution in [0.4, 0.5) is 0 Å². The molecule has 2 aromatic heterocycles. The van der Waals surface area contributed by atoms with Gasteiger partial charge < -0.3 is 10.6 Å². The number of aromatic nitrogens is 2. The van der Waals surface area contributed by atoms with Gasteiger partial charge in [0.15, 0.2) is 5.96 Å². The SMILES string of the molecule is CCNC(=NCc1ccc(CC)s1)NCC(C)Cn1cccn1.I. The van der Waals surface area contributed by atoms with E-state index in [-0.39, 0.29) is 24.0 Å². The minimum Gasteiger partial charge on any atom is -0.357 e. The summed E-state index contributed by atoms with van der Waals surface area (Å²) in [5, 5.41) is 11.0. The van der Waals surface area contributed by atoms with Gasteiger partial charge in [-0.25, -0.2) is 4.99 Å². The van der Waals surface area contributed by atoms with Crippen LogP contribution in [0.25, 0.3) is 0 Å². The Morgan fingerprint density at radius 1 is 1.29 bits per heavy atom. The first-order valence-electron chi connectivity index (χ1n) is 8.28. The van der Waals surface area contributed by atoms with Gasteiger partial charge in [-0.05, 0) is 37.5 Å². The summed E-state index contributed by atoms with van der Waals surface area (Å²) in [6.45, 7) is 9.86. The number of nitrogens with zero attached hydrogens (tertiary/aromatic N) is 3. The van der Waals surface area contributed by atoms with Crippen LogP contribution in [0.2, 0.25) is 0 Å².